The van der Waals surface area contributed by atoms with Gasteiger partial charge in [-0.15, -0.1) is 23.1 Å². The van der Waals surface area contributed by atoms with E-state index in [9.17, 15) is 0 Å². The number of thioether (sulfide) groups is 1. The van der Waals surface area contributed by atoms with E-state index in [0.29, 0.717) is 0 Å². The van der Waals surface area contributed by atoms with Crippen molar-refractivity contribution in [3.8, 4) is 11.5 Å². The van der Waals surface area contributed by atoms with Gasteiger partial charge >= 0.3 is 0 Å². The molecule has 0 aliphatic carbocycles. The van der Waals surface area contributed by atoms with Crippen LogP contribution < -0.4 is 20.5 Å². The molecule has 20 heavy (non-hydrogen) atoms. The highest BCUT2D eigenvalue weighted by molar-refractivity contribution is 8.00. The molecule has 0 fully saturated rings. The summed E-state index contributed by atoms with van der Waals surface area (Å²) in [6, 6.07) is 7.60. The first-order valence-corrected chi connectivity index (χ1v) is 7.90. The summed E-state index contributed by atoms with van der Waals surface area (Å²) in [6.45, 7) is 0.266. The number of fused-ring (bicyclic) bond motifs is 1. The van der Waals surface area contributed by atoms with Gasteiger partial charge in [0.05, 0.1) is 14.8 Å². The van der Waals surface area contributed by atoms with E-state index in [-0.39, 0.29) is 12.6 Å². The van der Waals surface area contributed by atoms with Gasteiger partial charge in [-0.05, 0) is 24.5 Å². The molecule has 0 bridgehead atoms. The minimum Gasteiger partial charge on any atom is -0.454 e. The summed E-state index contributed by atoms with van der Waals surface area (Å²) in [4.78, 5) is 0.762. The zero-order valence-electron chi connectivity index (χ0n) is 10.7. The lowest BCUT2D eigenvalue weighted by Gasteiger charge is -2.07. The minimum absolute atomic E-state index is 0.0871. The van der Waals surface area contributed by atoms with Crippen LogP contribution in [0.5, 0.6) is 11.5 Å². The van der Waals surface area contributed by atoms with E-state index in [1.807, 2.05) is 30.5 Å². The number of benzene rings is 1. The van der Waals surface area contributed by atoms with Crippen LogP contribution in [-0.4, -0.2) is 18.9 Å². The normalized spacial score (nSPS) is 12.4. The number of rotatable bonds is 4. The quantitative estimate of drug-likeness (QED) is 0.459. The Labute approximate surface area is 124 Å². The Morgan fingerprint density at radius 1 is 1.35 bits per heavy atom. The predicted molar refractivity (Wildman–Crippen MR) is 83.0 cm³/mol. The second-order valence-electron chi connectivity index (χ2n) is 4.12. The molecule has 0 amide bonds. The fraction of sp³-hybridized carbons (Fsp3) is 0.154. The summed E-state index contributed by atoms with van der Waals surface area (Å²) in [5, 5.41) is 10.8. The Morgan fingerprint density at radius 2 is 2.15 bits per heavy atom. The van der Waals surface area contributed by atoms with Crippen LogP contribution >= 0.6 is 23.1 Å². The number of nitrogens with one attached hydrogen (secondary N) is 2. The Kier molecular flexibility index (Phi) is 3.45. The summed E-state index contributed by atoms with van der Waals surface area (Å²) in [6.07, 6.45) is 2.00. The first kappa shape index (κ1) is 13.1. The molecule has 3 rings (SSSR count). The van der Waals surface area contributed by atoms with E-state index < -0.39 is 0 Å². The average Bonchev–Trinajstić information content (AvgIpc) is 3.04. The third-order valence-corrected chi connectivity index (χ3v) is 5.10. The van der Waals surface area contributed by atoms with Crippen LogP contribution in [0.3, 0.4) is 0 Å². The number of amidine groups is 1. The Balaban J connectivity index is 1.89. The second kappa shape index (κ2) is 5.26. The standard InChI is InChI=1S/C13H13N3O2S2/c1-19-13-8(5-11(20-13)12(14)15)16-7-2-3-9-10(4-7)18-6-17-9/h2-5,16H,6H2,1H3,(H3,14,15). The van der Waals surface area contributed by atoms with Crippen molar-refractivity contribution in [3.05, 3.63) is 29.1 Å². The monoisotopic (exact) mass is 307 g/mol. The first-order chi connectivity index (χ1) is 9.67. The van der Waals surface area contributed by atoms with Crippen LogP contribution in [0.4, 0.5) is 11.4 Å². The molecule has 1 aliphatic heterocycles. The largest absolute Gasteiger partial charge is 0.454 e. The minimum atomic E-state index is 0.0871. The molecule has 1 aliphatic rings. The molecule has 1 aromatic carbocycles. The molecule has 7 heteroatoms. The molecule has 2 heterocycles. The fourth-order valence-electron chi connectivity index (χ4n) is 1.88. The third kappa shape index (κ3) is 2.41. The summed E-state index contributed by atoms with van der Waals surface area (Å²) >= 11 is 3.13. The fourth-order valence-corrected chi connectivity index (χ4v) is 3.51. The zero-order valence-corrected chi connectivity index (χ0v) is 12.4. The highest BCUT2D eigenvalue weighted by Crippen LogP contribution is 2.39. The van der Waals surface area contributed by atoms with Crippen LogP contribution in [0, 0.1) is 5.41 Å². The van der Waals surface area contributed by atoms with Gasteiger partial charge in [0.25, 0.3) is 0 Å². The second-order valence-corrected chi connectivity index (χ2v) is 6.25. The number of anilines is 2. The van der Waals surface area contributed by atoms with E-state index in [2.05, 4.69) is 5.32 Å². The molecule has 1 aromatic heterocycles. The summed E-state index contributed by atoms with van der Waals surface area (Å²) in [7, 11) is 0. The van der Waals surface area contributed by atoms with Crippen molar-refractivity contribution < 1.29 is 9.47 Å². The lowest BCUT2D eigenvalue weighted by atomic mass is 10.2. The van der Waals surface area contributed by atoms with Gasteiger partial charge in [0.15, 0.2) is 11.5 Å². The summed E-state index contributed by atoms with van der Waals surface area (Å²) in [5.41, 5.74) is 7.40. The molecular weight excluding hydrogens is 294 g/mol. The average molecular weight is 307 g/mol. The van der Waals surface area contributed by atoms with Gasteiger partial charge < -0.3 is 20.5 Å². The van der Waals surface area contributed by atoms with Crippen molar-refractivity contribution in [2.24, 2.45) is 5.73 Å². The molecule has 0 unspecified atom stereocenters. The summed E-state index contributed by atoms with van der Waals surface area (Å²) in [5.74, 6) is 1.59. The van der Waals surface area contributed by atoms with Gasteiger partial charge in [0.2, 0.25) is 6.79 Å². The molecule has 0 atom stereocenters. The number of thiophene rings is 1. The van der Waals surface area contributed by atoms with Gasteiger partial charge in [-0.25, -0.2) is 0 Å². The lowest BCUT2D eigenvalue weighted by Crippen LogP contribution is -2.08. The molecule has 104 valence electrons. The Morgan fingerprint density at radius 3 is 2.90 bits per heavy atom. The van der Waals surface area contributed by atoms with E-state index >= 15 is 0 Å². The molecule has 0 radical (unpaired) electrons. The smallest absolute Gasteiger partial charge is 0.231 e. The maximum atomic E-state index is 7.52. The van der Waals surface area contributed by atoms with Gasteiger partial charge in [0.1, 0.15) is 5.84 Å². The van der Waals surface area contributed by atoms with Crippen LogP contribution in [0.25, 0.3) is 0 Å². The number of hydrogen-bond donors (Lipinski definition) is 3. The molecule has 0 saturated carbocycles. The van der Waals surface area contributed by atoms with E-state index in [4.69, 9.17) is 20.6 Å². The number of nitrogen functional groups attached to an aromatic ring is 1. The topological polar surface area (TPSA) is 80.4 Å². The summed E-state index contributed by atoms with van der Waals surface area (Å²) < 4.78 is 11.7. The van der Waals surface area contributed by atoms with Crippen molar-refractivity contribution >= 4 is 40.3 Å². The van der Waals surface area contributed by atoms with Crippen molar-refractivity contribution in [1.82, 2.24) is 0 Å². The van der Waals surface area contributed by atoms with Gasteiger partial charge in [0, 0.05) is 11.8 Å². The van der Waals surface area contributed by atoms with Crippen LogP contribution in [0.2, 0.25) is 0 Å². The highest BCUT2D eigenvalue weighted by Gasteiger charge is 2.15. The molecule has 0 saturated heterocycles. The SMILES string of the molecule is CSc1sc(C(=N)N)cc1Nc1ccc2c(c1)OCO2. The van der Waals surface area contributed by atoms with Crippen LogP contribution in [0.1, 0.15) is 4.88 Å². The van der Waals surface area contributed by atoms with Gasteiger partial charge in [-0.1, -0.05) is 0 Å². The highest BCUT2D eigenvalue weighted by atomic mass is 32.2. The van der Waals surface area contributed by atoms with Crippen molar-refractivity contribution in [3.63, 3.8) is 0 Å². The van der Waals surface area contributed by atoms with E-state index in [0.717, 1.165) is 32.0 Å². The van der Waals surface area contributed by atoms with Gasteiger partial charge in [-0.2, -0.15) is 0 Å². The molecular formula is C13H13N3O2S2. The predicted octanol–water partition coefficient (Wildman–Crippen LogP) is 3.23. The maximum absolute atomic E-state index is 7.52. The maximum Gasteiger partial charge on any atom is 0.231 e. The molecule has 0 spiro atoms. The zero-order chi connectivity index (χ0) is 14.1. The first-order valence-electron chi connectivity index (χ1n) is 5.86. The van der Waals surface area contributed by atoms with Crippen LogP contribution in [-0.2, 0) is 0 Å². The van der Waals surface area contributed by atoms with Crippen LogP contribution in [0.15, 0.2) is 28.5 Å². The Bertz CT molecular complexity index is 670. The van der Waals surface area contributed by atoms with Crippen molar-refractivity contribution in [2.45, 2.75) is 4.21 Å². The third-order valence-electron chi connectivity index (χ3n) is 2.80. The Hall–Kier alpha value is -1.86. The number of nitrogens with two attached hydrogens (primary N) is 1. The molecule has 5 nitrogen and oxygen atoms in total. The number of hydrogen-bond acceptors (Lipinski definition) is 6. The number of ether oxygens (including phenoxy) is 2. The van der Waals surface area contributed by atoms with E-state index in [1.165, 1.54) is 11.3 Å². The van der Waals surface area contributed by atoms with Crippen molar-refractivity contribution in [2.75, 3.05) is 18.4 Å². The van der Waals surface area contributed by atoms with Gasteiger partial charge in [-0.3, -0.25) is 5.41 Å². The van der Waals surface area contributed by atoms with Crippen molar-refractivity contribution in [1.29, 1.82) is 5.41 Å². The van der Waals surface area contributed by atoms with E-state index in [1.54, 1.807) is 11.8 Å². The lowest BCUT2D eigenvalue weighted by molar-refractivity contribution is 0.174. The molecule has 4 N–H and O–H groups in total. The molecule has 2 aromatic rings.